The summed E-state index contributed by atoms with van der Waals surface area (Å²) in [6.07, 6.45) is 4.19. The zero-order valence-electron chi connectivity index (χ0n) is 6.99. The van der Waals surface area contributed by atoms with Gasteiger partial charge in [-0.1, -0.05) is 24.8 Å². The van der Waals surface area contributed by atoms with Crippen molar-refractivity contribution in [3.05, 3.63) is 55.3 Å². The second kappa shape index (κ2) is 4.39. The zero-order valence-corrected chi connectivity index (χ0v) is 6.99. The van der Waals surface area contributed by atoms with Crippen molar-refractivity contribution >= 4 is 0 Å². The summed E-state index contributed by atoms with van der Waals surface area (Å²) < 4.78 is 5.08. The maximum absolute atomic E-state index is 5.08. The van der Waals surface area contributed by atoms with Crippen molar-refractivity contribution in [2.24, 2.45) is 0 Å². The third-order valence-electron chi connectivity index (χ3n) is 1.52. The second-order valence-electron chi connectivity index (χ2n) is 2.42. The van der Waals surface area contributed by atoms with Crippen LogP contribution in [0.4, 0.5) is 0 Å². The van der Waals surface area contributed by atoms with Crippen molar-refractivity contribution in [3.63, 3.8) is 0 Å². The van der Waals surface area contributed by atoms with Crippen LogP contribution >= 0.6 is 0 Å². The third kappa shape index (κ3) is 2.27. The first-order valence-corrected chi connectivity index (χ1v) is 3.84. The first-order chi connectivity index (χ1) is 5.86. The Morgan fingerprint density at radius 1 is 1.17 bits per heavy atom. The lowest BCUT2D eigenvalue weighted by Crippen LogP contribution is -1.82. The van der Waals surface area contributed by atoms with Crippen LogP contribution < -0.4 is 4.74 Å². The molecule has 0 atom stereocenters. The van der Waals surface area contributed by atoms with E-state index in [1.54, 1.807) is 0 Å². The average molecular weight is 160 g/mol. The predicted octanol–water partition coefficient (Wildman–Crippen LogP) is 2.94. The van der Waals surface area contributed by atoms with Gasteiger partial charge in [0.2, 0.25) is 0 Å². The molecule has 1 nitrogen and oxygen atoms in total. The highest BCUT2D eigenvalue weighted by Crippen LogP contribution is 2.12. The number of allylic oxidation sites excluding steroid dienone is 1. The van der Waals surface area contributed by atoms with Crippen LogP contribution in [0.25, 0.3) is 0 Å². The van der Waals surface area contributed by atoms with Crippen molar-refractivity contribution in [3.8, 4) is 5.75 Å². The van der Waals surface area contributed by atoms with Gasteiger partial charge >= 0.3 is 0 Å². The largest absolute Gasteiger partial charge is 0.466 e. The van der Waals surface area contributed by atoms with Gasteiger partial charge in [0.25, 0.3) is 0 Å². The van der Waals surface area contributed by atoms with Gasteiger partial charge in [0, 0.05) is 0 Å². The van der Waals surface area contributed by atoms with E-state index < -0.39 is 0 Å². The number of ether oxygens (including phenoxy) is 1. The Balaban J connectivity index is 2.70. The Morgan fingerprint density at radius 3 is 2.33 bits per heavy atom. The van der Waals surface area contributed by atoms with Gasteiger partial charge in [0.15, 0.2) is 0 Å². The zero-order chi connectivity index (χ0) is 8.81. The minimum absolute atomic E-state index is 0.817. The molecule has 0 amide bonds. The van der Waals surface area contributed by atoms with E-state index in [-0.39, 0.29) is 0 Å². The summed E-state index contributed by atoms with van der Waals surface area (Å²) in [4.78, 5) is 0. The van der Waals surface area contributed by atoms with Crippen LogP contribution in [-0.4, -0.2) is 0 Å². The van der Waals surface area contributed by atoms with E-state index >= 15 is 0 Å². The fourth-order valence-corrected chi connectivity index (χ4v) is 0.967. The van der Waals surface area contributed by atoms with Crippen LogP contribution in [0.3, 0.4) is 0 Å². The lowest BCUT2D eigenvalue weighted by Gasteiger charge is -2.00. The van der Waals surface area contributed by atoms with Crippen LogP contribution in [0, 0.1) is 0 Å². The number of hydrogen-bond donors (Lipinski definition) is 0. The summed E-state index contributed by atoms with van der Waals surface area (Å²) in [5.74, 6) is 0.817. The fourth-order valence-electron chi connectivity index (χ4n) is 0.967. The second-order valence-corrected chi connectivity index (χ2v) is 2.42. The third-order valence-corrected chi connectivity index (χ3v) is 1.52. The van der Waals surface area contributed by atoms with Gasteiger partial charge in [-0.2, -0.15) is 0 Å². The molecule has 0 radical (unpaired) electrons. The molecule has 62 valence electrons. The fraction of sp³-hybridized carbons (Fsp3) is 0.0909. The van der Waals surface area contributed by atoms with Crippen molar-refractivity contribution in [2.45, 2.75) is 6.42 Å². The van der Waals surface area contributed by atoms with Crippen molar-refractivity contribution in [1.29, 1.82) is 0 Å². The van der Waals surface area contributed by atoms with Crippen LogP contribution in [0.2, 0.25) is 0 Å². The minimum atomic E-state index is 0.817. The molecule has 0 saturated heterocycles. The standard InChI is InChI=1S/C11H12O/c1-3-5-10-6-8-11(9-7-10)12-4-2/h3-4,6-9H,1-2,5H2. The minimum Gasteiger partial charge on any atom is -0.466 e. The van der Waals surface area contributed by atoms with Gasteiger partial charge in [-0.25, -0.2) is 0 Å². The van der Waals surface area contributed by atoms with Gasteiger partial charge in [-0.05, 0) is 24.1 Å². The highest BCUT2D eigenvalue weighted by molar-refractivity contribution is 5.28. The van der Waals surface area contributed by atoms with Gasteiger partial charge in [0.05, 0.1) is 6.26 Å². The molecule has 0 heterocycles. The Kier molecular flexibility index (Phi) is 3.15. The van der Waals surface area contributed by atoms with E-state index in [1.807, 2.05) is 30.3 Å². The van der Waals surface area contributed by atoms with Crippen molar-refractivity contribution in [2.75, 3.05) is 0 Å². The molecule has 0 aliphatic heterocycles. The highest BCUT2D eigenvalue weighted by Gasteiger charge is 1.91. The maximum Gasteiger partial charge on any atom is 0.126 e. The number of hydrogen-bond acceptors (Lipinski definition) is 1. The van der Waals surface area contributed by atoms with E-state index in [1.165, 1.54) is 11.8 Å². The van der Waals surface area contributed by atoms with E-state index in [4.69, 9.17) is 4.74 Å². The van der Waals surface area contributed by atoms with E-state index in [0.29, 0.717) is 0 Å². The summed E-state index contributed by atoms with van der Waals surface area (Å²) in [5, 5.41) is 0. The van der Waals surface area contributed by atoms with Crippen molar-refractivity contribution in [1.82, 2.24) is 0 Å². The monoisotopic (exact) mass is 160 g/mol. The van der Waals surface area contributed by atoms with E-state index in [2.05, 4.69) is 13.2 Å². The lowest BCUT2D eigenvalue weighted by molar-refractivity contribution is 0.483. The molecule has 0 aromatic heterocycles. The van der Waals surface area contributed by atoms with Gasteiger partial charge in [-0.3, -0.25) is 0 Å². The summed E-state index contributed by atoms with van der Waals surface area (Å²) >= 11 is 0. The molecule has 0 fully saturated rings. The molecular weight excluding hydrogens is 148 g/mol. The van der Waals surface area contributed by atoms with E-state index in [0.717, 1.165) is 12.2 Å². The Hall–Kier alpha value is -1.50. The molecule has 0 aliphatic rings. The summed E-state index contributed by atoms with van der Waals surface area (Å²) in [6.45, 7) is 7.14. The maximum atomic E-state index is 5.08. The molecule has 0 spiro atoms. The summed E-state index contributed by atoms with van der Waals surface area (Å²) in [5.41, 5.74) is 1.24. The molecule has 0 N–H and O–H groups in total. The first kappa shape index (κ1) is 8.60. The molecule has 1 aromatic rings. The van der Waals surface area contributed by atoms with Crippen LogP contribution in [0.1, 0.15) is 5.56 Å². The Morgan fingerprint density at radius 2 is 1.83 bits per heavy atom. The molecule has 0 aliphatic carbocycles. The molecule has 1 aromatic carbocycles. The average Bonchev–Trinajstić information content (AvgIpc) is 2.09. The molecule has 0 saturated carbocycles. The molecule has 0 bridgehead atoms. The molecular formula is C11H12O. The van der Waals surface area contributed by atoms with Crippen molar-refractivity contribution < 1.29 is 4.74 Å². The first-order valence-electron chi connectivity index (χ1n) is 3.84. The normalized spacial score (nSPS) is 9.00. The number of benzene rings is 1. The Labute approximate surface area is 73.0 Å². The quantitative estimate of drug-likeness (QED) is 0.486. The molecule has 1 rings (SSSR count). The van der Waals surface area contributed by atoms with Gasteiger partial charge in [0.1, 0.15) is 5.75 Å². The molecule has 12 heavy (non-hydrogen) atoms. The Bertz CT molecular complexity index is 230. The SMILES string of the molecule is C=CCc1ccc(OC=C)cc1. The van der Waals surface area contributed by atoms with Gasteiger partial charge in [-0.15, -0.1) is 6.58 Å². The van der Waals surface area contributed by atoms with Crippen LogP contribution in [0.5, 0.6) is 5.75 Å². The summed E-state index contributed by atoms with van der Waals surface area (Å²) in [7, 11) is 0. The van der Waals surface area contributed by atoms with Crippen LogP contribution in [-0.2, 0) is 6.42 Å². The van der Waals surface area contributed by atoms with Crippen LogP contribution in [0.15, 0.2) is 49.8 Å². The topological polar surface area (TPSA) is 9.23 Å². The molecule has 0 unspecified atom stereocenters. The summed E-state index contributed by atoms with van der Waals surface area (Å²) in [6, 6.07) is 7.86. The van der Waals surface area contributed by atoms with Gasteiger partial charge < -0.3 is 4.74 Å². The highest BCUT2D eigenvalue weighted by atomic mass is 16.5. The smallest absolute Gasteiger partial charge is 0.126 e. The number of rotatable bonds is 4. The van der Waals surface area contributed by atoms with E-state index in [9.17, 15) is 0 Å². The molecule has 1 heteroatoms. The lowest BCUT2D eigenvalue weighted by atomic mass is 10.1. The predicted molar refractivity (Wildman–Crippen MR) is 51.2 cm³/mol.